The average Bonchev–Trinajstić information content (AvgIpc) is 3.10. The Labute approximate surface area is 151 Å². The van der Waals surface area contributed by atoms with Gasteiger partial charge in [0.05, 0.1) is 10.6 Å². The van der Waals surface area contributed by atoms with Crippen LogP contribution in [-0.4, -0.2) is 25.3 Å². The predicted octanol–water partition coefficient (Wildman–Crippen LogP) is 0.994. The average molecular weight is 377 g/mol. The van der Waals surface area contributed by atoms with Gasteiger partial charge in [0.15, 0.2) is 6.61 Å². The number of benzene rings is 1. The normalized spacial score (nSPS) is 10.7. The van der Waals surface area contributed by atoms with E-state index in [4.69, 9.17) is 20.8 Å². The number of hydrogen-bond donors (Lipinski definition) is 0. The second kappa shape index (κ2) is 7.36. The molecule has 26 heavy (non-hydrogen) atoms. The predicted molar refractivity (Wildman–Crippen MR) is 90.5 cm³/mol. The van der Waals surface area contributed by atoms with Crippen molar-refractivity contribution in [1.29, 1.82) is 0 Å². The lowest BCUT2D eigenvalue weighted by atomic mass is 10.2. The van der Waals surface area contributed by atoms with Gasteiger partial charge in [0.1, 0.15) is 6.54 Å². The summed E-state index contributed by atoms with van der Waals surface area (Å²) in [5.41, 5.74) is -0.512. The summed E-state index contributed by atoms with van der Waals surface area (Å²) in [4.78, 5) is 35.1. The third kappa shape index (κ3) is 3.72. The first kappa shape index (κ1) is 17.6. The topological polar surface area (TPSA) is 109 Å². The van der Waals surface area contributed by atoms with Gasteiger partial charge in [-0.25, -0.2) is 4.79 Å². The minimum absolute atomic E-state index is 0.0843. The van der Waals surface area contributed by atoms with Gasteiger partial charge in [-0.1, -0.05) is 23.7 Å². The molecule has 2 aromatic heterocycles. The highest BCUT2D eigenvalue weighted by Gasteiger charge is 2.14. The lowest BCUT2D eigenvalue weighted by Crippen LogP contribution is -2.38. The Bertz CT molecular complexity index is 1070. The minimum atomic E-state index is -0.691. The highest BCUT2D eigenvalue weighted by Crippen LogP contribution is 2.26. The molecule has 0 bridgehead atoms. The molecule has 0 aliphatic rings. The van der Waals surface area contributed by atoms with Crippen molar-refractivity contribution in [1.82, 2.24) is 19.3 Å². The molecule has 0 aliphatic heterocycles. The zero-order valence-electron chi connectivity index (χ0n) is 13.6. The van der Waals surface area contributed by atoms with Crippen molar-refractivity contribution in [3.63, 3.8) is 0 Å². The maximum Gasteiger partial charge on any atom is 0.331 e. The molecule has 1 aromatic carbocycles. The van der Waals surface area contributed by atoms with Crippen molar-refractivity contribution in [3.8, 4) is 11.5 Å². The van der Waals surface area contributed by atoms with E-state index in [1.54, 1.807) is 24.3 Å². The molecule has 0 spiro atoms. The van der Waals surface area contributed by atoms with E-state index in [2.05, 4.69) is 10.2 Å². The quantitative estimate of drug-likeness (QED) is 0.611. The van der Waals surface area contributed by atoms with Crippen LogP contribution in [0, 0.1) is 0 Å². The van der Waals surface area contributed by atoms with E-state index in [9.17, 15) is 14.4 Å². The molecule has 2 heterocycles. The summed E-state index contributed by atoms with van der Waals surface area (Å²) in [5.74, 6) is -0.403. The summed E-state index contributed by atoms with van der Waals surface area (Å²) in [7, 11) is 1.32. The van der Waals surface area contributed by atoms with Crippen LogP contribution in [0.3, 0.4) is 0 Å². The van der Waals surface area contributed by atoms with Gasteiger partial charge in [-0.15, -0.1) is 10.2 Å². The lowest BCUT2D eigenvalue weighted by molar-refractivity contribution is -0.146. The van der Waals surface area contributed by atoms with Gasteiger partial charge in [-0.3, -0.25) is 18.7 Å². The Morgan fingerprint density at radius 2 is 2.00 bits per heavy atom. The second-order valence-electron chi connectivity index (χ2n) is 5.26. The summed E-state index contributed by atoms with van der Waals surface area (Å²) < 4.78 is 12.4. The van der Waals surface area contributed by atoms with Crippen molar-refractivity contribution < 1.29 is 13.9 Å². The van der Waals surface area contributed by atoms with Crippen molar-refractivity contribution in [2.24, 2.45) is 7.05 Å². The Morgan fingerprint density at radius 1 is 1.23 bits per heavy atom. The van der Waals surface area contributed by atoms with E-state index in [0.29, 0.717) is 10.6 Å². The third-order valence-electron chi connectivity index (χ3n) is 3.49. The zero-order chi connectivity index (χ0) is 18.7. The number of nitrogens with zero attached hydrogens (tertiary/aromatic N) is 4. The van der Waals surface area contributed by atoms with Crippen LogP contribution in [0.5, 0.6) is 0 Å². The smallest absolute Gasteiger partial charge is 0.331 e. The second-order valence-corrected chi connectivity index (χ2v) is 5.67. The van der Waals surface area contributed by atoms with Gasteiger partial charge in [-0.2, -0.15) is 0 Å². The van der Waals surface area contributed by atoms with E-state index in [1.165, 1.54) is 19.3 Å². The molecule has 134 valence electrons. The number of esters is 1. The Kier molecular flexibility index (Phi) is 4.99. The standard InChI is InChI=1S/C16H13ClN4O5/c1-20-13(22)6-7-21(16(20)24)8-14(23)25-9-12-18-19-15(26-12)10-4-2-3-5-11(10)17/h2-7H,8-9H2,1H3. The molecule has 0 radical (unpaired) electrons. The molecule has 0 unspecified atom stereocenters. The molecular formula is C16H13ClN4O5. The molecule has 0 N–H and O–H groups in total. The van der Waals surface area contributed by atoms with Crippen molar-refractivity contribution in [2.45, 2.75) is 13.2 Å². The van der Waals surface area contributed by atoms with Crippen LogP contribution in [-0.2, 0) is 29.7 Å². The van der Waals surface area contributed by atoms with Gasteiger partial charge in [0.25, 0.3) is 11.4 Å². The van der Waals surface area contributed by atoms with Crippen LogP contribution in [0.15, 0.2) is 50.5 Å². The van der Waals surface area contributed by atoms with Crippen LogP contribution in [0.1, 0.15) is 5.89 Å². The van der Waals surface area contributed by atoms with Gasteiger partial charge in [0.2, 0.25) is 5.89 Å². The number of rotatable bonds is 5. The number of aromatic nitrogens is 4. The van der Waals surface area contributed by atoms with Gasteiger partial charge in [0, 0.05) is 19.3 Å². The molecule has 0 aliphatic carbocycles. The monoisotopic (exact) mass is 376 g/mol. The molecule has 9 nitrogen and oxygen atoms in total. The summed E-state index contributed by atoms with van der Waals surface area (Å²) in [6, 6.07) is 8.13. The fraction of sp³-hybridized carbons (Fsp3) is 0.188. The molecule has 0 atom stereocenters. The minimum Gasteiger partial charge on any atom is -0.454 e. The van der Waals surface area contributed by atoms with Gasteiger partial charge in [-0.05, 0) is 12.1 Å². The number of ether oxygens (including phenoxy) is 1. The summed E-state index contributed by atoms with van der Waals surface area (Å²) in [6.07, 6.45) is 1.23. The molecule has 0 saturated heterocycles. The maximum atomic E-state index is 11.9. The molecule has 0 saturated carbocycles. The lowest BCUT2D eigenvalue weighted by Gasteiger charge is -2.06. The summed E-state index contributed by atoms with van der Waals surface area (Å²) >= 11 is 6.05. The van der Waals surface area contributed by atoms with Crippen LogP contribution in [0.2, 0.25) is 5.02 Å². The van der Waals surface area contributed by atoms with Crippen LogP contribution in [0.25, 0.3) is 11.5 Å². The first-order chi connectivity index (χ1) is 12.5. The van der Waals surface area contributed by atoms with E-state index in [1.807, 2.05) is 0 Å². The highest BCUT2D eigenvalue weighted by molar-refractivity contribution is 6.33. The number of halogens is 1. The summed E-state index contributed by atoms with van der Waals surface area (Å²) in [5, 5.41) is 8.10. The van der Waals surface area contributed by atoms with Crippen molar-refractivity contribution in [3.05, 3.63) is 68.3 Å². The number of carbonyl (C=O) groups excluding carboxylic acids is 1. The first-order valence-electron chi connectivity index (χ1n) is 7.45. The highest BCUT2D eigenvalue weighted by atomic mass is 35.5. The summed E-state index contributed by atoms with van der Waals surface area (Å²) in [6.45, 7) is -0.602. The van der Waals surface area contributed by atoms with Crippen LogP contribution in [0.4, 0.5) is 0 Å². The Balaban J connectivity index is 1.64. The number of carbonyl (C=O) groups is 1. The molecule has 10 heteroatoms. The largest absolute Gasteiger partial charge is 0.454 e. The van der Waals surface area contributed by atoms with Crippen LogP contribution < -0.4 is 11.2 Å². The first-order valence-corrected chi connectivity index (χ1v) is 7.83. The molecular weight excluding hydrogens is 364 g/mol. The van der Waals surface area contributed by atoms with Crippen LogP contribution >= 0.6 is 11.6 Å². The zero-order valence-corrected chi connectivity index (χ0v) is 14.3. The fourth-order valence-electron chi connectivity index (χ4n) is 2.12. The Hall–Kier alpha value is -3.20. The van der Waals surface area contributed by atoms with Gasteiger partial charge < -0.3 is 9.15 Å². The van der Waals surface area contributed by atoms with E-state index in [-0.39, 0.29) is 24.9 Å². The fourth-order valence-corrected chi connectivity index (χ4v) is 2.34. The molecule has 0 fully saturated rings. The number of hydrogen-bond acceptors (Lipinski definition) is 7. The Morgan fingerprint density at radius 3 is 2.77 bits per heavy atom. The maximum absolute atomic E-state index is 11.9. The van der Waals surface area contributed by atoms with Crippen molar-refractivity contribution >= 4 is 17.6 Å². The molecule has 0 amide bonds. The van der Waals surface area contributed by atoms with E-state index in [0.717, 1.165) is 9.13 Å². The molecule has 3 aromatic rings. The third-order valence-corrected chi connectivity index (χ3v) is 3.82. The van der Waals surface area contributed by atoms with Gasteiger partial charge >= 0.3 is 11.7 Å². The van der Waals surface area contributed by atoms with E-state index >= 15 is 0 Å². The molecule has 3 rings (SSSR count). The van der Waals surface area contributed by atoms with E-state index < -0.39 is 17.2 Å². The SMILES string of the molecule is Cn1c(=O)ccn(CC(=O)OCc2nnc(-c3ccccc3Cl)o2)c1=O. The van der Waals surface area contributed by atoms with Crippen molar-refractivity contribution in [2.75, 3.05) is 0 Å².